The van der Waals surface area contributed by atoms with Crippen molar-refractivity contribution in [3.63, 3.8) is 0 Å². The number of carbonyl (C=O) groups is 2. The summed E-state index contributed by atoms with van der Waals surface area (Å²) in [4.78, 5) is 66.7. The molecule has 0 aromatic carbocycles. The number of carbonyl (C=O) groups excluding carboxylic acids is 2. The number of nitrogens with one attached hydrogen (secondary N) is 2. The molecule has 0 aliphatic heterocycles. The van der Waals surface area contributed by atoms with Gasteiger partial charge in [0, 0.05) is 80.6 Å². The van der Waals surface area contributed by atoms with E-state index in [1.54, 1.807) is 69.3 Å². The number of hydrogen-bond donors (Lipinski definition) is 2. The Labute approximate surface area is 376 Å². The average molecular weight is 864 g/mol. The van der Waals surface area contributed by atoms with Gasteiger partial charge in [-0.15, -0.1) is 0 Å². The molecule has 0 saturated carbocycles. The highest BCUT2D eigenvalue weighted by Crippen LogP contribution is 2.43. The van der Waals surface area contributed by atoms with Gasteiger partial charge in [0.25, 0.3) is 0 Å². The van der Waals surface area contributed by atoms with E-state index in [2.05, 4.69) is 30.6 Å². The predicted octanol–water partition coefficient (Wildman–Crippen LogP) is 7.58. The minimum atomic E-state index is -0.543. The number of amides is 3. The molecule has 8 heterocycles. The molecule has 8 aromatic heterocycles. The van der Waals surface area contributed by atoms with E-state index in [0.29, 0.717) is 34.5 Å². The highest BCUT2D eigenvalue weighted by molar-refractivity contribution is 6.01. The number of methoxy groups -OCH3 is 2. The molecule has 0 aliphatic carbocycles. The van der Waals surface area contributed by atoms with Gasteiger partial charge in [-0.05, 0) is 82.9 Å². The summed E-state index contributed by atoms with van der Waals surface area (Å²) in [5.41, 5.74) is 6.18. The molecule has 2 unspecified atom stereocenters. The molecule has 0 aliphatic rings. The van der Waals surface area contributed by atoms with E-state index < -0.39 is 30.3 Å². The zero-order valence-corrected chi connectivity index (χ0v) is 35.8. The Morgan fingerprint density at radius 3 is 1.34 bits per heavy atom. The maximum Gasteiger partial charge on any atom is 0.323 e. The third-order valence-corrected chi connectivity index (χ3v) is 10.9. The molecule has 3 amide bonds. The highest BCUT2D eigenvalue weighted by atomic mass is 16.5. The van der Waals surface area contributed by atoms with E-state index in [-0.39, 0.29) is 23.5 Å². The number of aromatic nitrogens is 8. The molecule has 0 spiro atoms. The van der Waals surface area contributed by atoms with Crippen LogP contribution in [-0.2, 0) is 4.79 Å². The zero-order valence-electron chi connectivity index (χ0n) is 35.8. The second-order valence-electron chi connectivity index (χ2n) is 14.8. The van der Waals surface area contributed by atoms with Crippen LogP contribution >= 0.6 is 0 Å². The summed E-state index contributed by atoms with van der Waals surface area (Å²) in [5.74, 6) is -0.803. The number of hydrogen-bond acceptors (Lipinski definition) is 12. The van der Waals surface area contributed by atoms with Gasteiger partial charge in [-0.25, -0.2) is 24.7 Å². The molecular weight excluding hydrogens is 819 g/mol. The Balaban J connectivity index is 1.14. The largest absolute Gasteiger partial charge is 0.481 e. The van der Waals surface area contributed by atoms with E-state index in [1.165, 1.54) is 11.9 Å². The monoisotopic (exact) mass is 863 g/mol. The molecule has 0 saturated heterocycles. The highest BCUT2D eigenvalue weighted by Gasteiger charge is 2.34. The van der Waals surface area contributed by atoms with E-state index in [4.69, 9.17) is 29.4 Å². The first-order valence-electron chi connectivity index (χ1n) is 20.8. The summed E-state index contributed by atoms with van der Waals surface area (Å²) < 4.78 is 11.1. The summed E-state index contributed by atoms with van der Waals surface area (Å²) in [6.45, 7) is -0.395. The van der Waals surface area contributed by atoms with E-state index in [1.807, 2.05) is 116 Å². The average Bonchev–Trinajstić information content (AvgIpc) is 3.37. The SMILES string of the molecule is CNC(=O)N(CC(=O)Nc1cccc(C(c2cccc(OC)n2)C(c2cccnc2)c2cccnc2)n1)c1cccc(C(c2cccc(OC)n2)C(c2cccnc2)c2cccnc2)n1. The van der Waals surface area contributed by atoms with Gasteiger partial charge in [0.1, 0.15) is 18.2 Å². The molecule has 2 atom stereocenters. The van der Waals surface area contributed by atoms with Crippen molar-refractivity contribution in [2.75, 3.05) is 38.0 Å². The van der Waals surface area contributed by atoms with Crippen LogP contribution in [0.1, 0.15) is 68.7 Å². The summed E-state index contributed by atoms with van der Waals surface area (Å²) >= 11 is 0. The minimum absolute atomic E-state index is 0.239. The van der Waals surface area contributed by atoms with Crippen LogP contribution in [0.25, 0.3) is 0 Å². The lowest BCUT2D eigenvalue weighted by molar-refractivity contribution is -0.114. The predicted molar refractivity (Wildman–Crippen MR) is 245 cm³/mol. The number of ether oxygens (including phenoxy) is 2. The van der Waals surface area contributed by atoms with Crippen LogP contribution in [0.4, 0.5) is 16.4 Å². The van der Waals surface area contributed by atoms with E-state index in [9.17, 15) is 9.59 Å². The first kappa shape index (κ1) is 43.2. The van der Waals surface area contributed by atoms with Gasteiger partial charge in [-0.3, -0.25) is 29.6 Å². The fraction of sp³-hybridized carbons (Fsp3) is 0.160. The van der Waals surface area contributed by atoms with E-state index >= 15 is 0 Å². The molecule has 324 valence electrons. The first-order chi connectivity index (χ1) is 31.9. The summed E-state index contributed by atoms with van der Waals surface area (Å²) in [5, 5.41) is 5.62. The molecule has 2 N–H and O–H groups in total. The van der Waals surface area contributed by atoms with Crippen molar-refractivity contribution in [2.24, 2.45) is 0 Å². The van der Waals surface area contributed by atoms with Crippen molar-refractivity contribution in [3.8, 4) is 11.8 Å². The van der Waals surface area contributed by atoms with Gasteiger partial charge in [-0.2, -0.15) is 0 Å². The minimum Gasteiger partial charge on any atom is -0.481 e. The lowest BCUT2D eigenvalue weighted by Crippen LogP contribution is -2.43. The molecule has 0 bridgehead atoms. The second kappa shape index (κ2) is 20.6. The standard InChI is InChI=1S/C50H45N11O4/c1-51-50(63)61(42-21-5-17-38(57-42)49(40-19-7-23-45(59-40)65-3)47(35-14-10-26-54-30-35)36-15-11-27-55-31-36)32-43(62)60-41-20-4-16-37(56-41)48(39-18-6-22-44(58-39)64-2)46(33-12-8-24-52-28-33)34-13-9-25-53-29-34/h4-31,46-49H,32H2,1-3H3,(H,51,63)(H,56,60,62). The fourth-order valence-electron chi connectivity index (χ4n) is 7.99. The van der Waals surface area contributed by atoms with Crippen molar-refractivity contribution in [1.29, 1.82) is 0 Å². The Hall–Kier alpha value is -8.46. The zero-order chi connectivity index (χ0) is 45.0. The van der Waals surface area contributed by atoms with Gasteiger partial charge in [0.05, 0.1) is 48.8 Å². The van der Waals surface area contributed by atoms with Crippen LogP contribution in [0.15, 0.2) is 171 Å². The van der Waals surface area contributed by atoms with Gasteiger partial charge >= 0.3 is 6.03 Å². The van der Waals surface area contributed by atoms with Crippen molar-refractivity contribution in [3.05, 3.63) is 216 Å². The van der Waals surface area contributed by atoms with Crippen LogP contribution < -0.4 is 25.0 Å². The lowest BCUT2D eigenvalue weighted by atomic mass is 9.78. The molecular formula is C50H45N11O4. The van der Waals surface area contributed by atoms with Crippen LogP contribution in [0.3, 0.4) is 0 Å². The summed E-state index contributed by atoms with van der Waals surface area (Å²) in [6.07, 6.45) is 14.2. The van der Waals surface area contributed by atoms with Crippen LogP contribution in [0.2, 0.25) is 0 Å². The number of rotatable bonds is 16. The topological polar surface area (TPSA) is 183 Å². The van der Waals surface area contributed by atoms with Gasteiger partial charge in [0.2, 0.25) is 17.7 Å². The quantitative estimate of drug-likeness (QED) is 0.0973. The third-order valence-electron chi connectivity index (χ3n) is 10.9. The smallest absolute Gasteiger partial charge is 0.323 e. The Bertz CT molecular complexity index is 2750. The van der Waals surface area contributed by atoms with Gasteiger partial charge in [0.15, 0.2) is 0 Å². The molecule has 15 nitrogen and oxygen atoms in total. The van der Waals surface area contributed by atoms with Gasteiger partial charge in [-0.1, -0.05) is 48.5 Å². The number of nitrogens with zero attached hydrogens (tertiary/aromatic N) is 9. The van der Waals surface area contributed by atoms with Crippen LogP contribution in [-0.4, -0.2) is 79.6 Å². The first-order valence-corrected chi connectivity index (χ1v) is 20.8. The van der Waals surface area contributed by atoms with E-state index in [0.717, 1.165) is 22.3 Å². The summed E-state index contributed by atoms with van der Waals surface area (Å²) in [7, 11) is 4.64. The fourth-order valence-corrected chi connectivity index (χ4v) is 7.99. The molecule has 15 heteroatoms. The third kappa shape index (κ3) is 10.1. The maximum absolute atomic E-state index is 14.1. The Morgan fingerprint density at radius 2 is 0.923 bits per heavy atom. The molecule has 65 heavy (non-hydrogen) atoms. The second-order valence-corrected chi connectivity index (χ2v) is 14.8. The number of anilines is 2. The molecule has 8 rings (SSSR count). The normalized spacial score (nSPS) is 12.0. The van der Waals surface area contributed by atoms with Crippen molar-refractivity contribution < 1.29 is 19.1 Å². The summed E-state index contributed by atoms with van der Waals surface area (Å²) in [6, 6.07) is 36.9. The lowest BCUT2D eigenvalue weighted by Gasteiger charge is -2.29. The van der Waals surface area contributed by atoms with Crippen molar-refractivity contribution in [2.45, 2.75) is 23.7 Å². The Morgan fingerprint density at radius 1 is 0.508 bits per heavy atom. The van der Waals surface area contributed by atoms with Crippen molar-refractivity contribution in [1.82, 2.24) is 45.2 Å². The van der Waals surface area contributed by atoms with Crippen LogP contribution in [0.5, 0.6) is 11.8 Å². The maximum atomic E-state index is 14.1. The van der Waals surface area contributed by atoms with Gasteiger partial charge < -0.3 is 20.1 Å². The Kier molecular flexibility index (Phi) is 13.7. The number of pyridine rings is 8. The molecule has 0 fully saturated rings. The molecule has 8 aromatic rings. The number of urea groups is 1. The molecule has 0 radical (unpaired) electrons. The van der Waals surface area contributed by atoms with Crippen LogP contribution in [0, 0.1) is 0 Å². The van der Waals surface area contributed by atoms with Crippen molar-refractivity contribution >= 4 is 23.6 Å².